The van der Waals surface area contributed by atoms with Crippen molar-refractivity contribution in [1.82, 2.24) is 24.8 Å². The minimum Gasteiger partial charge on any atom is -0.264 e. The third-order valence-electron chi connectivity index (χ3n) is 3.40. The number of benzene rings is 1. The van der Waals surface area contributed by atoms with E-state index >= 15 is 0 Å². The zero-order valence-corrected chi connectivity index (χ0v) is 13.0. The number of hydrogen-bond donors (Lipinski definition) is 0. The second kappa shape index (κ2) is 6.18. The van der Waals surface area contributed by atoms with E-state index in [4.69, 9.17) is 0 Å². The molecule has 0 atom stereocenters. The number of rotatable bonds is 4. The van der Waals surface area contributed by atoms with Crippen molar-refractivity contribution in [2.45, 2.75) is 10.9 Å². The molecule has 0 saturated carbocycles. The van der Waals surface area contributed by atoms with Gasteiger partial charge < -0.3 is 0 Å². The highest BCUT2D eigenvalue weighted by Crippen LogP contribution is 2.22. The van der Waals surface area contributed by atoms with E-state index in [1.807, 2.05) is 42.5 Å². The van der Waals surface area contributed by atoms with Crippen LogP contribution in [0.2, 0.25) is 0 Å². The van der Waals surface area contributed by atoms with Crippen molar-refractivity contribution in [2.75, 3.05) is 0 Å². The lowest BCUT2D eigenvalue weighted by Crippen LogP contribution is -1.96. The summed E-state index contributed by atoms with van der Waals surface area (Å²) in [5.74, 6) is 0.834. The van der Waals surface area contributed by atoms with E-state index in [2.05, 4.69) is 32.4 Å². The number of pyridine rings is 1. The third-order valence-corrected chi connectivity index (χ3v) is 4.39. The maximum atomic E-state index is 4.65. The predicted octanol–water partition coefficient (Wildman–Crippen LogP) is 3.48. The normalized spacial score (nSPS) is 11.0. The molecule has 1 aromatic carbocycles. The molecule has 0 fully saturated rings. The van der Waals surface area contributed by atoms with Crippen molar-refractivity contribution in [1.29, 1.82) is 0 Å². The van der Waals surface area contributed by atoms with Gasteiger partial charge in [-0.1, -0.05) is 42.1 Å². The second-order valence-electron chi connectivity index (χ2n) is 4.99. The van der Waals surface area contributed by atoms with Gasteiger partial charge in [-0.05, 0) is 29.8 Å². The Morgan fingerprint density at radius 2 is 1.83 bits per heavy atom. The van der Waals surface area contributed by atoms with Crippen LogP contribution in [0.25, 0.3) is 16.9 Å². The summed E-state index contributed by atoms with van der Waals surface area (Å²) in [6.07, 6.45) is 3.55. The van der Waals surface area contributed by atoms with Crippen molar-refractivity contribution in [3.63, 3.8) is 0 Å². The van der Waals surface area contributed by atoms with Crippen molar-refractivity contribution in [3.8, 4) is 11.3 Å². The van der Waals surface area contributed by atoms with Gasteiger partial charge in [0, 0.05) is 23.7 Å². The van der Waals surface area contributed by atoms with Crippen molar-refractivity contribution < 1.29 is 0 Å². The van der Waals surface area contributed by atoms with E-state index in [1.54, 1.807) is 28.7 Å². The first-order chi connectivity index (χ1) is 11.4. The van der Waals surface area contributed by atoms with E-state index in [-0.39, 0.29) is 0 Å². The number of thioether (sulfide) groups is 1. The first-order valence-electron chi connectivity index (χ1n) is 7.20. The average Bonchev–Trinajstić information content (AvgIpc) is 3.04. The maximum Gasteiger partial charge on any atom is 0.212 e. The Labute approximate surface area is 137 Å². The number of nitrogens with zero attached hydrogens (tertiary/aromatic N) is 5. The largest absolute Gasteiger partial charge is 0.264 e. The van der Waals surface area contributed by atoms with Gasteiger partial charge in [0.15, 0.2) is 5.65 Å². The van der Waals surface area contributed by atoms with E-state index in [0.29, 0.717) is 0 Å². The molecule has 0 unspecified atom stereocenters. The summed E-state index contributed by atoms with van der Waals surface area (Å²) >= 11 is 1.62. The van der Waals surface area contributed by atoms with Crippen molar-refractivity contribution in [3.05, 3.63) is 72.6 Å². The molecule has 4 aromatic rings. The predicted molar refractivity (Wildman–Crippen MR) is 90.0 cm³/mol. The van der Waals surface area contributed by atoms with Gasteiger partial charge in [0.25, 0.3) is 0 Å². The lowest BCUT2D eigenvalue weighted by Gasteiger charge is -2.03. The van der Waals surface area contributed by atoms with Crippen molar-refractivity contribution in [2.24, 2.45) is 0 Å². The summed E-state index contributed by atoms with van der Waals surface area (Å²) in [5.41, 5.74) is 3.82. The molecule has 0 spiro atoms. The van der Waals surface area contributed by atoms with Gasteiger partial charge in [-0.2, -0.15) is 9.61 Å². The summed E-state index contributed by atoms with van der Waals surface area (Å²) in [7, 11) is 0. The molecule has 23 heavy (non-hydrogen) atoms. The van der Waals surface area contributed by atoms with Gasteiger partial charge in [-0.15, -0.1) is 10.2 Å². The molecular weight excluding hydrogens is 306 g/mol. The fourth-order valence-corrected chi connectivity index (χ4v) is 3.09. The molecule has 0 N–H and O–H groups in total. The molecule has 0 aliphatic carbocycles. The van der Waals surface area contributed by atoms with E-state index in [0.717, 1.165) is 27.8 Å². The van der Waals surface area contributed by atoms with Crippen LogP contribution in [-0.4, -0.2) is 24.8 Å². The standard InChI is InChI=1S/C17H13N5S/c1-2-5-13(6-3-1)12-23-17-20-19-16-9-8-15(21-22(16)17)14-7-4-10-18-11-14/h1-11H,12H2. The van der Waals surface area contributed by atoms with Gasteiger partial charge in [0.1, 0.15) is 0 Å². The Balaban J connectivity index is 1.65. The third kappa shape index (κ3) is 2.93. The smallest absolute Gasteiger partial charge is 0.212 e. The zero-order chi connectivity index (χ0) is 15.5. The molecule has 6 heteroatoms. The van der Waals surface area contributed by atoms with Gasteiger partial charge in [-0.25, -0.2) is 0 Å². The van der Waals surface area contributed by atoms with Crippen LogP contribution in [0.15, 0.2) is 72.1 Å². The number of hydrogen-bond acceptors (Lipinski definition) is 5. The highest BCUT2D eigenvalue weighted by Gasteiger charge is 2.09. The fraction of sp³-hybridized carbons (Fsp3) is 0.0588. The summed E-state index contributed by atoms with van der Waals surface area (Å²) < 4.78 is 1.79. The summed E-state index contributed by atoms with van der Waals surface area (Å²) in [5, 5.41) is 13.9. The molecule has 4 rings (SSSR count). The second-order valence-corrected chi connectivity index (χ2v) is 5.93. The SMILES string of the molecule is c1ccc(CSc2nnc3ccc(-c4cccnc4)nn23)cc1. The van der Waals surface area contributed by atoms with Crippen LogP contribution < -0.4 is 0 Å². The first-order valence-corrected chi connectivity index (χ1v) is 8.18. The number of fused-ring (bicyclic) bond motifs is 1. The molecular formula is C17H13N5S. The van der Waals surface area contributed by atoms with Crippen LogP contribution in [0, 0.1) is 0 Å². The topological polar surface area (TPSA) is 56.0 Å². The molecule has 0 radical (unpaired) electrons. The number of aromatic nitrogens is 5. The quantitative estimate of drug-likeness (QED) is 0.539. The van der Waals surface area contributed by atoms with E-state index in [9.17, 15) is 0 Å². The maximum absolute atomic E-state index is 4.65. The molecule has 3 aromatic heterocycles. The van der Waals surface area contributed by atoms with Crippen molar-refractivity contribution >= 4 is 17.4 Å². The minimum atomic E-state index is 0.744. The monoisotopic (exact) mass is 319 g/mol. The van der Waals surface area contributed by atoms with Gasteiger partial charge in [0.05, 0.1) is 5.69 Å². The Kier molecular flexibility index (Phi) is 3.73. The Morgan fingerprint density at radius 1 is 0.913 bits per heavy atom. The Hall–Kier alpha value is -2.73. The molecule has 0 saturated heterocycles. The Bertz CT molecular complexity index is 922. The fourth-order valence-electron chi connectivity index (χ4n) is 2.25. The van der Waals surface area contributed by atoms with E-state index < -0.39 is 0 Å². The molecule has 5 nitrogen and oxygen atoms in total. The van der Waals surface area contributed by atoms with Crippen LogP contribution in [0.1, 0.15) is 5.56 Å². The Morgan fingerprint density at radius 3 is 2.65 bits per heavy atom. The van der Waals surface area contributed by atoms with Crippen LogP contribution >= 0.6 is 11.8 Å². The van der Waals surface area contributed by atoms with Gasteiger partial charge in [-0.3, -0.25) is 4.98 Å². The van der Waals surface area contributed by atoms with E-state index in [1.165, 1.54) is 5.56 Å². The molecule has 0 amide bonds. The molecule has 0 aliphatic rings. The highest BCUT2D eigenvalue weighted by molar-refractivity contribution is 7.98. The average molecular weight is 319 g/mol. The molecule has 0 bridgehead atoms. The molecule has 0 aliphatic heterocycles. The van der Waals surface area contributed by atoms with Crippen LogP contribution in [0.3, 0.4) is 0 Å². The van der Waals surface area contributed by atoms with Gasteiger partial charge >= 0.3 is 0 Å². The summed E-state index contributed by atoms with van der Waals surface area (Å²) in [6, 6.07) is 18.0. The first kappa shape index (κ1) is 13.9. The summed E-state index contributed by atoms with van der Waals surface area (Å²) in [6.45, 7) is 0. The zero-order valence-electron chi connectivity index (χ0n) is 12.2. The van der Waals surface area contributed by atoms with Crippen LogP contribution in [0.4, 0.5) is 0 Å². The van der Waals surface area contributed by atoms with Gasteiger partial charge in [0.2, 0.25) is 5.16 Å². The van der Waals surface area contributed by atoms with Crippen LogP contribution in [-0.2, 0) is 5.75 Å². The molecule has 3 heterocycles. The highest BCUT2D eigenvalue weighted by atomic mass is 32.2. The molecule has 112 valence electrons. The van der Waals surface area contributed by atoms with Crippen LogP contribution in [0.5, 0.6) is 0 Å². The minimum absolute atomic E-state index is 0.744. The summed E-state index contributed by atoms with van der Waals surface area (Å²) in [4.78, 5) is 4.14. The lowest BCUT2D eigenvalue weighted by atomic mass is 10.2. The lowest BCUT2D eigenvalue weighted by molar-refractivity contribution is 0.812.